The maximum Gasteiger partial charge on any atom is 0.252 e. The molecule has 0 saturated carbocycles. The summed E-state index contributed by atoms with van der Waals surface area (Å²) in [6.45, 7) is 7.45. The molecule has 7 heteroatoms. The van der Waals surface area contributed by atoms with Gasteiger partial charge >= 0.3 is 0 Å². The van der Waals surface area contributed by atoms with E-state index in [0.717, 1.165) is 17.5 Å². The van der Waals surface area contributed by atoms with Crippen LogP contribution >= 0.6 is 0 Å². The molecule has 3 rings (SSSR count). The Hall–Kier alpha value is -2.22. The average Bonchev–Trinajstić information content (AvgIpc) is 2.74. The molecule has 1 fully saturated rings. The molecule has 1 amide bonds. The van der Waals surface area contributed by atoms with Crippen LogP contribution in [0.2, 0.25) is 0 Å². The molecule has 0 radical (unpaired) electrons. The smallest absolute Gasteiger partial charge is 0.252 e. The van der Waals surface area contributed by atoms with E-state index in [1.54, 1.807) is 12.1 Å². The summed E-state index contributed by atoms with van der Waals surface area (Å²) in [5.74, 6) is 0.130. The predicted octanol–water partition coefficient (Wildman–Crippen LogP) is 3.53. The van der Waals surface area contributed by atoms with Gasteiger partial charge in [0.25, 0.3) is 5.91 Å². The Morgan fingerprint density at radius 2 is 1.77 bits per heavy atom. The second-order valence-electron chi connectivity index (χ2n) is 8.06. The lowest BCUT2D eigenvalue weighted by molar-refractivity contribution is 0.0730. The number of nitrogens with one attached hydrogen (secondary N) is 1. The number of rotatable bonds is 7. The van der Waals surface area contributed by atoms with E-state index in [0.29, 0.717) is 37.8 Å². The summed E-state index contributed by atoms with van der Waals surface area (Å²) >= 11 is 0. The van der Waals surface area contributed by atoms with Crippen molar-refractivity contribution in [3.63, 3.8) is 0 Å². The minimum atomic E-state index is -3.66. The normalized spacial score (nSPS) is 16.4. The molecular formula is C23H30N2O4S. The fraction of sp³-hybridized carbons (Fsp3) is 0.435. The van der Waals surface area contributed by atoms with E-state index in [-0.39, 0.29) is 16.8 Å². The first-order valence-corrected chi connectivity index (χ1v) is 11.8. The van der Waals surface area contributed by atoms with Crippen LogP contribution in [0.15, 0.2) is 53.4 Å². The molecule has 2 aromatic rings. The molecule has 2 aromatic carbocycles. The van der Waals surface area contributed by atoms with E-state index in [4.69, 9.17) is 4.74 Å². The molecule has 0 unspecified atom stereocenters. The number of sulfonamides is 1. The third-order valence-electron chi connectivity index (χ3n) is 5.28. The van der Waals surface area contributed by atoms with Gasteiger partial charge < -0.3 is 10.1 Å². The van der Waals surface area contributed by atoms with E-state index in [2.05, 4.69) is 19.2 Å². The topological polar surface area (TPSA) is 75.7 Å². The monoisotopic (exact) mass is 430 g/mol. The minimum absolute atomic E-state index is 0.139. The van der Waals surface area contributed by atoms with Crippen LogP contribution < -0.4 is 5.32 Å². The van der Waals surface area contributed by atoms with E-state index in [1.165, 1.54) is 10.4 Å². The molecule has 1 saturated heterocycles. The molecule has 1 aliphatic rings. The van der Waals surface area contributed by atoms with Crippen LogP contribution in [0.5, 0.6) is 0 Å². The number of benzene rings is 2. The van der Waals surface area contributed by atoms with Crippen molar-refractivity contribution in [2.75, 3.05) is 26.3 Å². The molecule has 0 aromatic heterocycles. The highest BCUT2D eigenvalue weighted by atomic mass is 32.2. The lowest BCUT2D eigenvalue weighted by atomic mass is 9.96. The first-order valence-electron chi connectivity index (χ1n) is 10.3. The summed E-state index contributed by atoms with van der Waals surface area (Å²) in [7, 11) is -3.66. The Bertz CT molecular complexity index is 968. The average molecular weight is 431 g/mol. The Morgan fingerprint density at radius 3 is 2.40 bits per heavy atom. The van der Waals surface area contributed by atoms with E-state index < -0.39 is 10.0 Å². The van der Waals surface area contributed by atoms with E-state index in [1.807, 2.05) is 37.3 Å². The Kier molecular flexibility index (Phi) is 7.28. The van der Waals surface area contributed by atoms with Gasteiger partial charge in [-0.15, -0.1) is 0 Å². The Morgan fingerprint density at radius 1 is 1.10 bits per heavy atom. The van der Waals surface area contributed by atoms with Crippen molar-refractivity contribution in [2.24, 2.45) is 5.92 Å². The van der Waals surface area contributed by atoms with Crippen molar-refractivity contribution in [1.82, 2.24) is 9.62 Å². The number of aryl methyl sites for hydroxylation is 1. The zero-order chi connectivity index (χ0) is 21.7. The van der Waals surface area contributed by atoms with E-state index >= 15 is 0 Å². The van der Waals surface area contributed by atoms with E-state index in [9.17, 15) is 13.2 Å². The van der Waals surface area contributed by atoms with Crippen molar-refractivity contribution in [3.8, 4) is 0 Å². The zero-order valence-electron chi connectivity index (χ0n) is 17.8. The number of nitrogens with zero attached hydrogens (tertiary/aromatic N) is 1. The molecule has 6 nitrogen and oxygen atoms in total. The first-order chi connectivity index (χ1) is 14.3. The van der Waals surface area contributed by atoms with Gasteiger partial charge in [0, 0.05) is 18.7 Å². The fourth-order valence-corrected chi connectivity index (χ4v) is 5.05. The van der Waals surface area contributed by atoms with Gasteiger partial charge in [0.2, 0.25) is 10.0 Å². The molecule has 1 heterocycles. The van der Waals surface area contributed by atoms with Crippen molar-refractivity contribution >= 4 is 15.9 Å². The van der Waals surface area contributed by atoms with Crippen LogP contribution in [0.25, 0.3) is 0 Å². The summed E-state index contributed by atoms with van der Waals surface area (Å²) in [6.07, 6.45) is 0.792. The molecule has 30 heavy (non-hydrogen) atoms. The summed E-state index contributed by atoms with van der Waals surface area (Å²) in [6, 6.07) is 14.5. The van der Waals surface area contributed by atoms with Gasteiger partial charge in [0.15, 0.2) is 0 Å². The van der Waals surface area contributed by atoms with Crippen molar-refractivity contribution in [2.45, 2.75) is 38.1 Å². The van der Waals surface area contributed by atoms with Crippen molar-refractivity contribution in [3.05, 3.63) is 65.2 Å². The lowest BCUT2D eigenvalue weighted by Gasteiger charge is -2.26. The zero-order valence-corrected chi connectivity index (χ0v) is 18.6. The standard InChI is InChI=1S/C23H30N2O4S/c1-17(2)15-22(19-7-5-4-6-8-19)24-23(26)21-16-20(10-9-18(21)3)30(27,28)25-11-13-29-14-12-25/h4-10,16-17,22H,11-15H2,1-3H3,(H,24,26)/t22-/m0/s1. The SMILES string of the molecule is Cc1ccc(S(=O)(=O)N2CCOCC2)cc1C(=O)N[C@@H](CC(C)C)c1ccccc1. The van der Waals surface area contributed by atoms with Gasteiger partial charge in [-0.1, -0.05) is 50.2 Å². The third-order valence-corrected chi connectivity index (χ3v) is 7.17. The predicted molar refractivity (Wildman–Crippen MR) is 117 cm³/mol. The number of carbonyl (C=O) groups is 1. The fourth-order valence-electron chi connectivity index (χ4n) is 3.61. The van der Waals surface area contributed by atoms with Gasteiger partial charge in [-0.05, 0) is 42.5 Å². The third kappa shape index (κ3) is 5.28. The van der Waals surface area contributed by atoms with Gasteiger partial charge in [-0.25, -0.2) is 8.42 Å². The molecule has 1 N–H and O–H groups in total. The highest BCUT2D eigenvalue weighted by Crippen LogP contribution is 2.24. The molecule has 1 aliphatic heterocycles. The number of ether oxygens (including phenoxy) is 1. The second kappa shape index (κ2) is 9.73. The summed E-state index contributed by atoms with van der Waals surface area (Å²) in [5, 5.41) is 3.11. The Labute approximate surface area is 179 Å². The van der Waals surface area contributed by atoms with Crippen LogP contribution in [0.1, 0.15) is 47.8 Å². The summed E-state index contributed by atoms with van der Waals surface area (Å²) in [5.41, 5.74) is 2.16. The van der Waals surface area contributed by atoms with Crippen molar-refractivity contribution < 1.29 is 17.9 Å². The van der Waals surface area contributed by atoms with Crippen LogP contribution in [-0.4, -0.2) is 44.9 Å². The summed E-state index contributed by atoms with van der Waals surface area (Å²) < 4.78 is 32.7. The van der Waals surface area contributed by atoms with Crippen LogP contribution in [0.3, 0.4) is 0 Å². The molecular weight excluding hydrogens is 400 g/mol. The highest BCUT2D eigenvalue weighted by Gasteiger charge is 2.28. The lowest BCUT2D eigenvalue weighted by Crippen LogP contribution is -2.40. The van der Waals surface area contributed by atoms with Gasteiger partial charge in [0.05, 0.1) is 24.2 Å². The number of amides is 1. The van der Waals surface area contributed by atoms with Crippen LogP contribution in [0.4, 0.5) is 0 Å². The maximum absolute atomic E-state index is 13.1. The van der Waals surface area contributed by atoms with Crippen LogP contribution in [-0.2, 0) is 14.8 Å². The highest BCUT2D eigenvalue weighted by molar-refractivity contribution is 7.89. The number of morpholine rings is 1. The minimum Gasteiger partial charge on any atom is -0.379 e. The molecule has 0 bridgehead atoms. The van der Waals surface area contributed by atoms with Gasteiger partial charge in [-0.2, -0.15) is 4.31 Å². The molecule has 1 atom stereocenters. The van der Waals surface area contributed by atoms with Crippen LogP contribution in [0, 0.1) is 12.8 Å². The largest absolute Gasteiger partial charge is 0.379 e. The van der Waals surface area contributed by atoms with Crippen molar-refractivity contribution in [1.29, 1.82) is 0 Å². The Balaban J connectivity index is 1.87. The van der Waals surface area contributed by atoms with Gasteiger partial charge in [-0.3, -0.25) is 4.79 Å². The number of carbonyl (C=O) groups excluding carboxylic acids is 1. The first kappa shape index (κ1) is 22.5. The molecule has 162 valence electrons. The van der Waals surface area contributed by atoms with Gasteiger partial charge in [0.1, 0.15) is 0 Å². The quantitative estimate of drug-likeness (QED) is 0.729. The maximum atomic E-state index is 13.1. The molecule has 0 spiro atoms. The second-order valence-corrected chi connectivity index (χ2v) is 10.00. The summed E-state index contributed by atoms with van der Waals surface area (Å²) in [4.78, 5) is 13.3. The number of hydrogen-bond donors (Lipinski definition) is 1. The molecule has 0 aliphatic carbocycles. The number of hydrogen-bond acceptors (Lipinski definition) is 4.